The summed E-state index contributed by atoms with van der Waals surface area (Å²) in [5, 5.41) is 4.74. The molecule has 0 saturated carbocycles. The number of benzene rings is 2. The van der Waals surface area contributed by atoms with Crippen molar-refractivity contribution in [3.05, 3.63) is 83.1 Å². The van der Waals surface area contributed by atoms with Gasteiger partial charge in [0.25, 0.3) is 0 Å². The molecular formula is C16H11ClN2O. The molecule has 0 saturated heterocycles. The Morgan fingerprint density at radius 2 is 1.65 bits per heavy atom. The molecule has 0 fully saturated rings. The number of aromatic nitrogens is 2. The molecule has 2 aromatic carbocycles. The molecule has 0 spiro atoms. The van der Waals surface area contributed by atoms with E-state index in [0.29, 0.717) is 16.3 Å². The van der Waals surface area contributed by atoms with Crippen molar-refractivity contribution >= 4 is 17.4 Å². The van der Waals surface area contributed by atoms with Gasteiger partial charge in [-0.25, -0.2) is 4.68 Å². The first-order chi connectivity index (χ1) is 9.75. The van der Waals surface area contributed by atoms with Gasteiger partial charge in [0.2, 0.25) is 5.78 Å². The monoisotopic (exact) mass is 282 g/mol. The van der Waals surface area contributed by atoms with E-state index < -0.39 is 0 Å². The second-order valence-corrected chi connectivity index (χ2v) is 4.70. The average Bonchev–Trinajstić information content (AvgIpc) is 2.98. The number of carbonyl (C=O) groups excluding carboxylic acids is 1. The zero-order chi connectivity index (χ0) is 13.9. The Labute approximate surface area is 121 Å². The highest BCUT2D eigenvalue weighted by Gasteiger charge is 2.15. The lowest BCUT2D eigenvalue weighted by Gasteiger charge is -2.01. The maximum absolute atomic E-state index is 12.4. The molecule has 1 aromatic heterocycles. The molecule has 0 aliphatic rings. The van der Waals surface area contributed by atoms with Gasteiger partial charge in [0.05, 0.1) is 10.7 Å². The first kappa shape index (κ1) is 12.6. The molecule has 3 aromatic rings. The fourth-order valence-corrected chi connectivity index (χ4v) is 2.17. The molecular weight excluding hydrogens is 272 g/mol. The third-order valence-corrected chi connectivity index (χ3v) is 3.29. The third kappa shape index (κ3) is 2.36. The van der Waals surface area contributed by atoms with Gasteiger partial charge in [-0.2, -0.15) is 5.10 Å². The number of hydrogen-bond donors (Lipinski definition) is 0. The van der Waals surface area contributed by atoms with E-state index in [1.54, 1.807) is 41.2 Å². The summed E-state index contributed by atoms with van der Waals surface area (Å²) in [5.41, 5.74) is 1.75. The number of rotatable bonds is 3. The van der Waals surface area contributed by atoms with Crippen molar-refractivity contribution in [2.24, 2.45) is 0 Å². The quantitative estimate of drug-likeness (QED) is 0.686. The fraction of sp³-hybridized carbons (Fsp3) is 0. The molecule has 3 rings (SSSR count). The Morgan fingerprint density at radius 3 is 2.40 bits per heavy atom. The summed E-state index contributed by atoms with van der Waals surface area (Å²) in [7, 11) is 0. The number of halogens is 1. The van der Waals surface area contributed by atoms with E-state index in [0.717, 1.165) is 5.69 Å². The van der Waals surface area contributed by atoms with Crippen LogP contribution in [-0.2, 0) is 0 Å². The SMILES string of the molecule is O=C(c1ccn(-c2ccccc2)n1)c1ccccc1Cl. The predicted molar refractivity (Wildman–Crippen MR) is 78.4 cm³/mol. The number of ketones is 1. The number of hydrogen-bond acceptors (Lipinski definition) is 2. The van der Waals surface area contributed by atoms with Crippen molar-refractivity contribution in [2.45, 2.75) is 0 Å². The highest BCUT2D eigenvalue weighted by atomic mass is 35.5. The minimum absolute atomic E-state index is 0.176. The van der Waals surface area contributed by atoms with Crippen LogP contribution in [0.5, 0.6) is 0 Å². The van der Waals surface area contributed by atoms with Gasteiger partial charge < -0.3 is 0 Å². The Kier molecular flexibility index (Phi) is 3.35. The lowest BCUT2D eigenvalue weighted by atomic mass is 10.1. The summed E-state index contributed by atoms with van der Waals surface area (Å²) in [5.74, 6) is -0.176. The van der Waals surface area contributed by atoms with Crippen molar-refractivity contribution in [2.75, 3.05) is 0 Å². The molecule has 4 heteroatoms. The largest absolute Gasteiger partial charge is 0.287 e. The molecule has 0 aliphatic heterocycles. The van der Waals surface area contributed by atoms with Gasteiger partial charge in [-0.05, 0) is 30.3 Å². The molecule has 0 radical (unpaired) electrons. The molecule has 1 heterocycles. The Balaban J connectivity index is 1.95. The maximum Gasteiger partial charge on any atom is 0.214 e. The predicted octanol–water partition coefficient (Wildman–Crippen LogP) is 3.76. The Hall–Kier alpha value is -2.39. The minimum atomic E-state index is -0.176. The van der Waals surface area contributed by atoms with Crippen molar-refractivity contribution < 1.29 is 4.79 Å². The Bertz CT molecular complexity index is 750. The van der Waals surface area contributed by atoms with Crippen molar-refractivity contribution in [1.82, 2.24) is 9.78 Å². The van der Waals surface area contributed by atoms with Crippen molar-refractivity contribution in [1.29, 1.82) is 0 Å². The number of carbonyl (C=O) groups is 1. The summed E-state index contributed by atoms with van der Waals surface area (Å²) in [6.07, 6.45) is 1.76. The van der Waals surface area contributed by atoms with Crippen LogP contribution in [0.4, 0.5) is 0 Å². The Morgan fingerprint density at radius 1 is 0.950 bits per heavy atom. The van der Waals surface area contributed by atoms with Gasteiger partial charge in [0.1, 0.15) is 5.69 Å². The normalized spacial score (nSPS) is 10.4. The molecule has 0 N–H and O–H groups in total. The molecule has 0 aliphatic carbocycles. The van der Waals surface area contributed by atoms with E-state index in [4.69, 9.17) is 11.6 Å². The van der Waals surface area contributed by atoms with Crippen molar-refractivity contribution in [3.63, 3.8) is 0 Å². The zero-order valence-corrected chi connectivity index (χ0v) is 11.3. The third-order valence-electron chi connectivity index (χ3n) is 2.96. The van der Waals surface area contributed by atoms with Crippen LogP contribution in [-0.4, -0.2) is 15.6 Å². The highest BCUT2D eigenvalue weighted by molar-refractivity contribution is 6.34. The van der Waals surface area contributed by atoms with E-state index in [1.165, 1.54) is 0 Å². The van der Waals surface area contributed by atoms with E-state index in [-0.39, 0.29) is 5.78 Å². The van der Waals surface area contributed by atoms with Crippen LogP contribution in [0.15, 0.2) is 66.9 Å². The van der Waals surface area contributed by atoms with Crippen molar-refractivity contribution in [3.8, 4) is 5.69 Å². The minimum Gasteiger partial charge on any atom is -0.287 e. The van der Waals surface area contributed by atoms with E-state index in [9.17, 15) is 4.79 Å². The lowest BCUT2D eigenvalue weighted by molar-refractivity contribution is 0.103. The topological polar surface area (TPSA) is 34.9 Å². The standard InChI is InChI=1S/C16H11ClN2O/c17-14-9-5-4-8-13(14)16(20)15-10-11-19(18-15)12-6-2-1-3-7-12/h1-11H. The molecule has 20 heavy (non-hydrogen) atoms. The molecule has 3 nitrogen and oxygen atoms in total. The van der Waals surface area contributed by atoms with E-state index >= 15 is 0 Å². The van der Waals surface area contributed by atoms with Gasteiger partial charge in [-0.1, -0.05) is 41.9 Å². The summed E-state index contributed by atoms with van der Waals surface area (Å²) in [6.45, 7) is 0. The molecule has 0 bridgehead atoms. The van der Waals surface area contributed by atoms with Gasteiger partial charge in [0.15, 0.2) is 0 Å². The van der Waals surface area contributed by atoms with Gasteiger partial charge in [-0.15, -0.1) is 0 Å². The van der Waals surface area contributed by atoms with Gasteiger partial charge >= 0.3 is 0 Å². The smallest absolute Gasteiger partial charge is 0.214 e. The second-order valence-electron chi connectivity index (χ2n) is 4.29. The molecule has 0 amide bonds. The van der Waals surface area contributed by atoms with Crippen LogP contribution in [0, 0.1) is 0 Å². The van der Waals surface area contributed by atoms with Crippen LogP contribution >= 0.6 is 11.6 Å². The maximum atomic E-state index is 12.4. The summed E-state index contributed by atoms with van der Waals surface area (Å²) in [6, 6.07) is 18.3. The highest BCUT2D eigenvalue weighted by Crippen LogP contribution is 2.18. The van der Waals surface area contributed by atoms with E-state index in [1.807, 2.05) is 30.3 Å². The first-order valence-electron chi connectivity index (χ1n) is 6.16. The lowest BCUT2D eigenvalue weighted by Crippen LogP contribution is -2.04. The molecule has 0 unspecified atom stereocenters. The van der Waals surface area contributed by atoms with Crippen LogP contribution < -0.4 is 0 Å². The van der Waals surface area contributed by atoms with Crippen LogP contribution in [0.1, 0.15) is 16.1 Å². The van der Waals surface area contributed by atoms with Crippen LogP contribution in [0.2, 0.25) is 5.02 Å². The summed E-state index contributed by atoms with van der Waals surface area (Å²) >= 11 is 6.04. The van der Waals surface area contributed by atoms with E-state index in [2.05, 4.69) is 5.10 Å². The first-order valence-corrected chi connectivity index (χ1v) is 6.54. The zero-order valence-electron chi connectivity index (χ0n) is 10.5. The number of nitrogens with zero attached hydrogens (tertiary/aromatic N) is 2. The van der Waals surface area contributed by atoms with Gasteiger partial charge in [-0.3, -0.25) is 4.79 Å². The molecule has 98 valence electrons. The van der Waals surface area contributed by atoms with Crippen LogP contribution in [0.25, 0.3) is 5.69 Å². The number of para-hydroxylation sites is 1. The average molecular weight is 283 g/mol. The molecule has 0 atom stereocenters. The second kappa shape index (κ2) is 5.31. The summed E-state index contributed by atoms with van der Waals surface area (Å²) in [4.78, 5) is 12.4. The van der Waals surface area contributed by atoms with Crippen LogP contribution in [0.3, 0.4) is 0 Å². The van der Waals surface area contributed by atoms with Gasteiger partial charge in [0, 0.05) is 11.8 Å². The summed E-state index contributed by atoms with van der Waals surface area (Å²) < 4.78 is 1.67. The fourth-order valence-electron chi connectivity index (χ4n) is 1.95.